The maximum Gasteiger partial charge on any atom is 0.251 e. The van der Waals surface area contributed by atoms with Crippen molar-refractivity contribution in [3.63, 3.8) is 0 Å². The number of benzene rings is 3. The molecule has 3 N–H and O–H groups in total. The third kappa shape index (κ3) is 6.10. The molecule has 3 aromatic carbocycles. The molecule has 2 amide bonds. The van der Waals surface area contributed by atoms with Gasteiger partial charge in [-0.15, -0.1) is 0 Å². The van der Waals surface area contributed by atoms with Crippen LogP contribution in [-0.2, 0) is 40.6 Å². The van der Waals surface area contributed by atoms with Crippen LogP contribution >= 0.6 is 0 Å². The standard InChI is InChI=1S/C37H45N5O5S/c1-6-26-22-42-23-37(2,3)48(46,47)41(5)31-20-27(19-29(26)33(31)42)35(44)39-30(18-25-15-11-8-12-16-25)34(43)32-36(45)40(4)28(21-38-32)17-24-13-9-7-10-14-24/h7-16,19-20,22,28,30,32,34,38,43H,6,17-18,21,23H2,1-5H3,(H,39,44)/t28-,30+,32+,34+/m1/s1. The Morgan fingerprint density at radius 1 is 1.04 bits per heavy atom. The van der Waals surface area contributed by atoms with Crippen molar-refractivity contribution < 1.29 is 23.1 Å². The highest BCUT2D eigenvalue weighted by Gasteiger charge is 2.43. The molecule has 2 aliphatic heterocycles. The second-order valence-electron chi connectivity index (χ2n) is 13.7. The summed E-state index contributed by atoms with van der Waals surface area (Å²) >= 11 is 0. The molecule has 0 radical (unpaired) electrons. The maximum atomic E-state index is 14.1. The first kappa shape index (κ1) is 33.7. The summed E-state index contributed by atoms with van der Waals surface area (Å²) < 4.78 is 29.5. The van der Waals surface area contributed by atoms with Gasteiger partial charge in [0, 0.05) is 50.4 Å². The molecule has 4 atom stereocenters. The number of amides is 2. The summed E-state index contributed by atoms with van der Waals surface area (Å²) in [5, 5.41) is 18.9. The van der Waals surface area contributed by atoms with Gasteiger partial charge in [0.15, 0.2) is 0 Å². The number of aliphatic hydroxyl groups excluding tert-OH is 1. The number of nitrogens with zero attached hydrogens (tertiary/aromatic N) is 3. The van der Waals surface area contributed by atoms with Gasteiger partial charge in [0.2, 0.25) is 15.9 Å². The van der Waals surface area contributed by atoms with Crippen molar-refractivity contribution in [2.24, 2.45) is 0 Å². The Kier molecular flexibility index (Phi) is 9.14. The monoisotopic (exact) mass is 671 g/mol. The molecule has 0 bridgehead atoms. The van der Waals surface area contributed by atoms with Crippen LogP contribution in [0.5, 0.6) is 0 Å². The van der Waals surface area contributed by atoms with Crippen molar-refractivity contribution in [3.8, 4) is 0 Å². The molecule has 11 heteroatoms. The summed E-state index contributed by atoms with van der Waals surface area (Å²) in [5.41, 5.74) is 4.49. The number of carbonyl (C=O) groups is 2. The summed E-state index contributed by atoms with van der Waals surface area (Å²) in [5.74, 6) is -0.705. The molecule has 2 aliphatic rings. The smallest absolute Gasteiger partial charge is 0.251 e. The van der Waals surface area contributed by atoms with Crippen LogP contribution in [0.25, 0.3) is 10.9 Å². The maximum absolute atomic E-state index is 14.1. The SMILES string of the molecule is CCc1cn2c3c(cc(C(=O)N[C@@H](Cc4ccccc4)[C@H](O)[C@@H]4NC[C@@H](Cc5ccccc5)N(C)C4=O)cc13)N(C)S(=O)(=O)C(C)(C)C2. The lowest BCUT2D eigenvalue weighted by molar-refractivity contribution is -0.141. The summed E-state index contributed by atoms with van der Waals surface area (Å²) in [4.78, 5) is 29.5. The Labute approximate surface area is 282 Å². The minimum Gasteiger partial charge on any atom is -0.389 e. The Balaban J connectivity index is 1.31. The molecule has 6 rings (SSSR count). The summed E-state index contributed by atoms with van der Waals surface area (Å²) in [6.07, 6.45) is 2.40. The third-order valence-corrected chi connectivity index (χ3v) is 12.5. The molecule has 0 spiro atoms. The van der Waals surface area contributed by atoms with Crippen LogP contribution in [-0.4, -0.2) is 84.4 Å². The summed E-state index contributed by atoms with van der Waals surface area (Å²) in [6, 6.07) is 21.1. The van der Waals surface area contributed by atoms with E-state index in [0.717, 1.165) is 27.6 Å². The molecule has 0 unspecified atom stereocenters. The molecule has 1 fully saturated rings. The molecule has 1 aromatic heterocycles. The lowest BCUT2D eigenvalue weighted by atomic mass is 9.92. The van der Waals surface area contributed by atoms with E-state index in [2.05, 4.69) is 10.6 Å². The zero-order valence-corrected chi connectivity index (χ0v) is 29.0. The van der Waals surface area contributed by atoms with Crippen molar-refractivity contribution in [1.29, 1.82) is 0 Å². The minimum absolute atomic E-state index is 0.0865. The van der Waals surface area contributed by atoms with Gasteiger partial charge >= 0.3 is 0 Å². The Morgan fingerprint density at radius 3 is 2.33 bits per heavy atom. The average molecular weight is 672 g/mol. The summed E-state index contributed by atoms with van der Waals surface area (Å²) in [7, 11) is -0.468. The van der Waals surface area contributed by atoms with E-state index in [0.29, 0.717) is 25.1 Å². The number of aryl methyl sites for hydroxylation is 1. The predicted molar refractivity (Wildman–Crippen MR) is 189 cm³/mol. The highest BCUT2D eigenvalue weighted by molar-refractivity contribution is 7.94. The van der Waals surface area contributed by atoms with E-state index in [1.165, 1.54) is 11.4 Å². The van der Waals surface area contributed by atoms with E-state index in [1.807, 2.05) is 78.4 Å². The van der Waals surface area contributed by atoms with Crippen LogP contribution < -0.4 is 14.9 Å². The molecule has 3 heterocycles. The number of nitrogens with one attached hydrogen (secondary N) is 2. The van der Waals surface area contributed by atoms with E-state index in [1.54, 1.807) is 37.9 Å². The van der Waals surface area contributed by atoms with E-state index >= 15 is 0 Å². The zero-order valence-electron chi connectivity index (χ0n) is 28.2. The molecular formula is C37H45N5O5S. The Morgan fingerprint density at radius 2 is 1.69 bits per heavy atom. The first-order valence-electron chi connectivity index (χ1n) is 16.5. The number of sulfonamides is 1. The second-order valence-corrected chi connectivity index (χ2v) is 16.3. The number of hydrogen-bond donors (Lipinski definition) is 3. The van der Waals surface area contributed by atoms with Crippen LogP contribution in [0.2, 0.25) is 0 Å². The molecule has 4 aromatic rings. The predicted octanol–water partition coefficient (Wildman–Crippen LogP) is 3.51. The van der Waals surface area contributed by atoms with E-state index < -0.39 is 38.9 Å². The van der Waals surface area contributed by atoms with Gasteiger partial charge in [-0.2, -0.15) is 0 Å². The number of piperazine rings is 1. The van der Waals surface area contributed by atoms with Crippen molar-refractivity contribution in [1.82, 2.24) is 20.1 Å². The topological polar surface area (TPSA) is 124 Å². The Bertz CT molecular complexity index is 1930. The van der Waals surface area contributed by atoms with Gasteiger partial charge in [0.05, 0.1) is 23.3 Å². The third-order valence-electron chi connectivity index (χ3n) is 10.0. The van der Waals surface area contributed by atoms with Crippen molar-refractivity contribution in [2.45, 2.75) is 75.6 Å². The lowest BCUT2D eigenvalue weighted by Crippen LogP contribution is -2.66. The number of carbonyl (C=O) groups excluding carboxylic acids is 2. The normalized spacial score (nSPS) is 21.5. The molecular weight excluding hydrogens is 627 g/mol. The van der Waals surface area contributed by atoms with Gasteiger partial charge in [-0.05, 0) is 61.9 Å². The number of aromatic nitrogens is 1. The first-order chi connectivity index (χ1) is 22.8. The van der Waals surface area contributed by atoms with Gasteiger partial charge in [0.25, 0.3) is 5.91 Å². The van der Waals surface area contributed by atoms with Crippen molar-refractivity contribution >= 4 is 38.4 Å². The highest BCUT2D eigenvalue weighted by Crippen LogP contribution is 2.40. The van der Waals surface area contributed by atoms with Crippen molar-refractivity contribution in [3.05, 3.63) is 101 Å². The van der Waals surface area contributed by atoms with Gasteiger partial charge in [-0.1, -0.05) is 67.6 Å². The summed E-state index contributed by atoms with van der Waals surface area (Å²) in [6.45, 7) is 6.23. The van der Waals surface area contributed by atoms with Crippen molar-refractivity contribution in [2.75, 3.05) is 24.9 Å². The van der Waals surface area contributed by atoms with E-state index in [-0.39, 0.29) is 30.5 Å². The van der Waals surface area contributed by atoms with Gasteiger partial charge < -0.3 is 25.2 Å². The molecule has 0 saturated carbocycles. The fraction of sp³-hybridized carbons (Fsp3) is 0.405. The first-order valence-corrected chi connectivity index (χ1v) is 18.0. The van der Waals surface area contributed by atoms with Crippen LogP contribution in [0, 0.1) is 0 Å². The largest absolute Gasteiger partial charge is 0.389 e. The number of likely N-dealkylation sites (N-methyl/N-ethyl adjacent to an activating group) is 1. The van der Waals surface area contributed by atoms with Crippen LogP contribution in [0.3, 0.4) is 0 Å². The molecule has 10 nitrogen and oxygen atoms in total. The zero-order chi connectivity index (χ0) is 34.4. The molecule has 0 aliphatic carbocycles. The van der Waals surface area contributed by atoms with Crippen LogP contribution in [0.15, 0.2) is 79.0 Å². The fourth-order valence-corrected chi connectivity index (χ4v) is 8.56. The minimum atomic E-state index is -3.76. The van der Waals surface area contributed by atoms with Gasteiger partial charge in [-0.3, -0.25) is 13.9 Å². The molecule has 254 valence electrons. The van der Waals surface area contributed by atoms with Crippen LogP contribution in [0.1, 0.15) is 47.8 Å². The number of anilines is 1. The average Bonchev–Trinajstić information content (AvgIpc) is 3.40. The quantitative estimate of drug-likeness (QED) is 0.250. The molecule has 1 saturated heterocycles. The lowest BCUT2D eigenvalue weighted by Gasteiger charge is -2.41. The fourth-order valence-electron chi connectivity index (χ4n) is 7.12. The molecule has 48 heavy (non-hydrogen) atoms. The van der Waals surface area contributed by atoms with Gasteiger partial charge in [0.1, 0.15) is 10.8 Å². The number of hydrogen-bond acceptors (Lipinski definition) is 6. The number of rotatable bonds is 9. The van der Waals surface area contributed by atoms with Gasteiger partial charge in [-0.25, -0.2) is 8.42 Å². The highest BCUT2D eigenvalue weighted by atomic mass is 32.2. The Hall–Kier alpha value is -4.19. The number of aliphatic hydroxyl groups is 1. The van der Waals surface area contributed by atoms with E-state index in [4.69, 9.17) is 0 Å². The van der Waals surface area contributed by atoms with Crippen LogP contribution in [0.4, 0.5) is 5.69 Å². The van der Waals surface area contributed by atoms with E-state index in [9.17, 15) is 23.1 Å². The second kappa shape index (κ2) is 13.0.